The molecule has 0 bridgehead atoms. The van der Waals surface area contributed by atoms with Crippen LogP contribution in [-0.2, 0) is 19.6 Å². The lowest BCUT2D eigenvalue weighted by Crippen LogP contribution is -2.41. The Balaban J connectivity index is 1.20. The van der Waals surface area contributed by atoms with Crippen LogP contribution in [0.15, 0.2) is 94.7 Å². The van der Waals surface area contributed by atoms with Crippen molar-refractivity contribution in [3.63, 3.8) is 0 Å². The van der Waals surface area contributed by atoms with E-state index in [-0.39, 0.29) is 11.7 Å². The molecule has 4 aromatic carbocycles. The van der Waals surface area contributed by atoms with Gasteiger partial charge in [-0.2, -0.15) is 0 Å². The van der Waals surface area contributed by atoms with Crippen LogP contribution in [0.2, 0.25) is 0 Å². The Morgan fingerprint density at radius 1 is 0.900 bits per heavy atom. The summed E-state index contributed by atoms with van der Waals surface area (Å²) in [7, 11) is 4.44. The summed E-state index contributed by atoms with van der Waals surface area (Å²) in [4.78, 5) is 17.0. The Labute approximate surface area is 241 Å². The number of hydrogen-bond donors (Lipinski definition) is 1. The number of amides is 1. The maximum atomic E-state index is 13.4. The average molecular weight is 554 g/mol. The molecule has 4 aromatic rings. The number of rotatable bonds is 9. The minimum absolute atomic E-state index is 0.0411. The number of fused-ring (bicyclic) bond motifs is 1. The third-order valence-electron chi connectivity index (χ3n) is 7.52. The van der Waals surface area contributed by atoms with Crippen LogP contribution in [0.5, 0.6) is 11.5 Å². The lowest BCUT2D eigenvalue weighted by Gasteiger charge is -2.29. The van der Waals surface area contributed by atoms with Gasteiger partial charge in [-0.25, -0.2) is 0 Å². The van der Waals surface area contributed by atoms with E-state index in [9.17, 15) is 9.90 Å². The van der Waals surface area contributed by atoms with Crippen molar-refractivity contribution in [1.82, 2.24) is 4.90 Å². The number of phenolic OH excluding ortho intramolecular Hbond substituents is 1. The molecule has 0 spiro atoms. The van der Waals surface area contributed by atoms with Gasteiger partial charge in [-0.05, 0) is 78.6 Å². The molecule has 1 amide bonds. The molecule has 5 nitrogen and oxygen atoms in total. The van der Waals surface area contributed by atoms with E-state index in [4.69, 9.17) is 4.74 Å². The quantitative estimate of drug-likeness (QED) is 0.227. The van der Waals surface area contributed by atoms with Crippen molar-refractivity contribution < 1.29 is 19.1 Å². The number of benzene rings is 4. The van der Waals surface area contributed by atoms with E-state index >= 15 is 0 Å². The van der Waals surface area contributed by atoms with Crippen molar-refractivity contribution in [3.8, 4) is 11.5 Å². The smallest absolute Gasteiger partial charge is 0.254 e. The van der Waals surface area contributed by atoms with Gasteiger partial charge in [0.25, 0.3) is 5.91 Å². The average Bonchev–Trinajstić information content (AvgIpc) is 3.35. The third-order valence-corrected chi connectivity index (χ3v) is 8.56. The van der Waals surface area contributed by atoms with Gasteiger partial charge in [-0.3, -0.25) is 4.79 Å². The molecule has 0 fully saturated rings. The van der Waals surface area contributed by atoms with Crippen molar-refractivity contribution in [2.45, 2.75) is 43.3 Å². The lowest BCUT2D eigenvalue weighted by molar-refractivity contribution is -0.903. The first-order chi connectivity index (χ1) is 19.2. The fourth-order valence-corrected chi connectivity index (χ4v) is 5.97. The first-order valence-electron chi connectivity index (χ1n) is 13.6. The molecule has 0 aromatic heterocycles. The van der Waals surface area contributed by atoms with Crippen LogP contribution in [-0.4, -0.2) is 47.6 Å². The molecule has 1 N–H and O–H groups in total. The largest absolute Gasteiger partial charge is 0.507 e. The van der Waals surface area contributed by atoms with Gasteiger partial charge in [-0.1, -0.05) is 54.2 Å². The SMILES string of the molecule is Cc1ccc(Sc2cc(C(=O)N3Cc4ccc(OCC[N+](C)(C)Cc5ccccc5)cc4C3)ccc2O)cc1C. The molecule has 0 unspecified atom stereocenters. The molecular formula is C34H37N2O3S+. The van der Waals surface area contributed by atoms with Crippen LogP contribution in [0.1, 0.15) is 38.2 Å². The highest BCUT2D eigenvalue weighted by Crippen LogP contribution is 2.36. The molecule has 40 heavy (non-hydrogen) atoms. The second-order valence-electron chi connectivity index (χ2n) is 11.3. The highest BCUT2D eigenvalue weighted by Gasteiger charge is 2.25. The van der Waals surface area contributed by atoms with Crippen LogP contribution < -0.4 is 4.74 Å². The van der Waals surface area contributed by atoms with Gasteiger partial charge in [-0.15, -0.1) is 0 Å². The molecule has 0 radical (unpaired) electrons. The van der Waals surface area contributed by atoms with E-state index < -0.39 is 0 Å². The number of phenols is 1. The molecule has 0 aliphatic carbocycles. The summed E-state index contributed by atoms with van der Waals surface area (Å²) >= 11 is 1.47. The molecule has 1 heterocycles. The van der Waals surface area contributed by atoms with Crippen LogP contribution in [0.4, 0.5) is 0 Å². The molecule has 206 valence electrons. The lowest BCUT2D eigenvalue weighted by atomic mass is 10.1. The number of nitrogens with zero attached hydrogens (tertiary/aromatic N) is 2. The number of aromatic hydroxyl groups is 1. The second kappa shape index (κ2) is 11.8. The topological polar surface area (TPSA) is 49.8 Å². The van der Waals surface area contributed by atoms with Crippen molar-refractivity contribution in [2.24, 2.45) is 0 Å². The fourth-order valence-electron chi connectivity index (χ4n) is 4.99. The van der Waals surface area contributed by atoms with Gasteiger partial charge < -0.3 is 19.2 Å². The van der Waals surface area contributed by atoms with Crippen molar-refractivity contribution in [3.05, 3.63) is 118 Å². The summed E-state index contributed by atoms with van der Waals surface area (Å²) in [5.74, 6) is 0.974. The Kier molecular flexibility index (Phi) is 8.19. The zero-order valence-corrected chi connectivity index (χ0v) is 24.5. The van der Waals surface area contributed by atoms with Crippen molar-refractivity contribution >= 4 is 17.7 Å². The molecule has 0 saturated heterocycles. The van der Waals surface area contributed by atoms with Gasteiger partial charge in [0.15, 0.2) is 0 Å². The van der Waals surface area contributed by atoms with Gasteiger partial charge in [0.05, 0.1) is 19.0 Å². The zero-order valence-electron chi connectivity index (χ0n) is 23.7. The minimum atomic E-state index is -0.0411. The predicted octanol–water partition coefficient (Wildman–Crippen LogP) is 6.97. The first kappa shape index (κ1) is 27.8. The summed E-state index contributed by atoms with van der Waals surface area (Å²) in [6, 6.07) is 28.0. The number of likely N-dealkylation sites (N-methyl/N-ethyl adjacent to an activating group) is 1. The second-order valence-corrected chi connectivity index (χ2v) is 12.4. The van der Waals surface area contributed by atoms with E-state index in [1.54, 1.807) is 18.2 Å². The van der Waals surface area contributed by atoms with Gasteiger partial charge in [0, 0.05) is 29.1 Å². The van der Waals surface area contributed by atoms with Crippen LogP contribution in [0.25, 0.3) is 0 Å². The zero-order chi connectivity index (χ0) is 28.3. The summed E-state index contributed by atoms with van der Waals surface area (Å²) < 4.78 is 6.98. The Morgan fingerprint density at radius 3 is 2.45 bits per heavy atom. The maximum absolute atomic E-state index is 13.4. The van der Waals surface area contributed by atoms with Crippen molar-refractivity contribution in [1.29, 1.82) is 0 Å². The molecule has 0 atom stereocenters. The first-order valence-corrected chi connectivity index (χ1v) is 14.5. The van der Waals surface area contributed by atoms with E-state index in [1.165, 1.54) is 28.5 Å². The number of aryl methyl sites for hydroxylation is 2. The van der Waals surface area contributed by atoms with Crippen LogP contribution in [0.3, 0.4) is 0 Å². The summed E-state index contributed by atoms with van der Waals surface area (Å²) in [6.45, 7) is 7.73. The Bertz CT molecular complexity index is 1520. The summed E-state index contributed by atoms with van der Waals surface area (Å²) in [5.41, 5.74) is 6.58. The Hall–Kier alpha value is -3.74. The fraction of sp³-hybridized carbons (Fsp3) is 0.265. The standard InChI is InChI=1S/C34H36N2O3S/c1-24-10-14-31(18-25(24)2)40-33-20-27(12-15-32(33)37)34(38)35-21-28-11-13-30(19-29(28)22-35)39-17-16-36(3,4)23-26-8-6-5-7-9-26/h5-15,18-20H,16-17,21-23H2,1-4H3/p+1. The maximum Gasteiger partial charge on any atom is 0.254 e. The highest BCUT2D eigenvalue weighted by atomic mass is 32.2. The molecule has 0 saturated carbocycles. The monoisotopic (exact) mass is 553 g/mol. The molecule has 5 rings (SSSR count). The van der Waals surface area contributed by atoms with E-state index in [0.29, 0.717) is 30.2 Å². The number of carbonyl (C=O) groups excluding carboxylic acids is 1. The summed E-state index contributed by atoms with van der Waals surface area (Å²) in [6.07, 6.45) is 0. The third kappa shape index (κ3) is 6.69. The van der Waals surface area contributed by atoms with Gasteiger partial charge in [0.1, 0.15) is 31.2 Å². The van der Waals surface area contributed by atoms with Gasteiger partial charge >= 0.3 is 0 Å². The molecular weight excluding hydrogens is 516 g/mol. The molecule has 6 heteroatoms. The number of carbonyl (C=O) groups is 1. The molecule has 1 aliphatic rings. The van der Waals surface area contributed by atoms with E-state index in [2.05, 4.69) is 76.5 Å². The predicted molar refractivity (Wildman–Crippen MR) is 161 cm³/mol. The summed E-state index contributed by atoms with van der Waals surface area (Å²) in [5, 5.41) is 10.5. The number of hydrogen-bond acceptors (Lipinski definition) is 4. The van der Waals surface area contributed by atoms with E-state index in [1.807, 2.05) is 23.1 Å². The van der Waals surface area contributed by atoms with Crippen LogP contribution in [0, 0.1) is 13.8 Å². The normalized spacial score (nSPS) is 12.8. The Morgan fingerprint density at radius 2 is 1.68 bits per heavy atom. The highest BCUT2D eigenvalue weighted by molar-refractivity contribution is 7.99. The minimum Gasteiger partial charge on any atom is -0.507 e. The molecule has 1 aliphatic heterocycles. The van der Waals surface area contributed by atoms with Gasteiger partial charge in [0.2, 0.25) is 0 Å². The van der Waals surface area contributed by atoms with Crippen molar-refractivity contribution in [2.75, 3.05) is 27.2 Å². The van der Waals surface area contributed by atoms with E-state index in [0.717, 1.165) is 39.3 Å². The number of ether oxygens (including phenoxy) is 1. The van der Waals surface area contributed by atoms with Crippen LogP contribution >= 0.6 is 11.8 Å². The number of quaternary nitrogens is 1.